The van der Waals surface area contributed by atoms with Gasteiger partial charge in [-0.1, -0.05) is 43.7 Å². The van der Waals surface area contributed by atoms with Gasteiger partial charge in [-0.2, -0.15) is 0 Å². The molecule has 1 N–H and O–H groups in total. The first kappa shape index (κ1) is 17.2. The van der Waals surface area contributed by atoms with Gasteiger partial charge in [-0.25, -0.2) is 8.42 Å². The molecule has 0 fully saturated rings. The zero-order chi connectivity index (χ0) is 16.7. The van der Waals surface area contributed by atoms with Crippen LogP contribution in [-0.4, -0.2) is 31.4 Å². The fourth-order valence-corrected chi connectivity index (χ4v) is 3.26. The van der Waals surface area contributed by atoms with Crippen LogP contribution in [0.5, 0.6) is 0 Å². The Morgan fingerprint density at radius 1 is 1.09 bits per heavy atom. The Labute approximate surface area is 137 Å². The first-order valence-electron chi connectivity index (χ1n) is 7.59. The number of hydrogen-bond donors (Lipinski definition) is 1. The number of unbranched alkanes of at least 4 members (excludes halogenated alkanes) is 1. The van der Waals surface area contributed by atoms with Gasteiger partial charge in [-0.3, -0.25) is 4.72 Å². The van der Waals surface area contributed by atoms with Crippen LogP contribution in [0.4, 0.5) is 11.6 Å². The predicted molar refractivity (Wildman–Crippen MR) is 92.9 cm³/mol. The number of sulfonamides is 1. The maximum atomic E-state index is 11.8. The van der Waals surface area contributed by atoms with E-state index in [4.69, 9.17) is 0 Å². The van der Waals surface area contributed by atoms with Crippen molar-refractivity contribution >= 4 is 21.7 Å². The molecule has 1 aromatic carbocycles. The highest BCUT2D eigenvalue weighted by Gasteiger charge is 2.11. The number of aromatic nitrogens is 2. The highest BCUT2D eigenvalue weighted by molar-refractivity contribution is 7.92. The molecule has 0 aliphatic rings. The number of nitrogens with one attached hydrogen (secondary N) is 1. The molecule has 0 aliphatic carbocycles. The van der Waals surface area contributed by atoms with Crippen LogP contribution in [0.3, 0.4) is 0 Å². The van der Waals surface area contributed by atoms with Crippen molar-refractivity contribution in [1.82, 2.24) is 10.2 Å². The van der Waals surface area contributed by atoms with Gasteiger partial charge in [-0.05, 0) is 24.1 Å². The Morgan fingerprint density at radius 3 is 2.43 bits per heavy atom. The largest absolute Gasteiger partial charge is 0.354 e. The van der Waals surface area contributed by atoms with Crippen LogP contribution >= 0.6 is 0 Å². The van der Waals surface area contributed by atoms with E-state index in [1.165, 1.54) is 5.56 Å². The van der Waals surface area contributed by atoms with Crippen molar-refractivity contribution in [2.24, 2.45) is 0 Å². The van der Waals surface area contributed by atoms with E-state index in [0.717, 1.165) is 6.42 Å². The summed E-state index contributed by atoms with van der Waals surface area (Å²) in [6, 6.07) is 13.4. The Kier molecular flexibility index (Phi) is 5.92. The van der Waals surface area contributed by atoms with Crippen LogP contribution in [0, 0.1) is 0 Å². The third-order valence-electron chi connectivity index (χ3n) is 3.33. The van der Waals surface area contributed by atoms with Crippen molar-refractivity contribution < 1.29 is 8.42 Å². The molecule has 23 heavy (non-hydrogen) atoms. The molecule has 0 aliphatic heterocycles. The fourth-order valence-electron chi connectivity index (χ4n) is 2.07. The van der Waals surface area contributed by atoms with Crippen molar-refractivity contribution in [3.05, 3.63) is 48.0 Å². The van der Waals surface area contributed by atoms with Crippen molar-refractivity contribution in [3.63, 3.8) is 0 Å². The summed E-state index contributed by atoms with van der Waals surface area (Å²) in [5.74, 6) is 1.03. The maximum absolute atomic E-state index is 11.8. The highest BCUT2D eigenvalue weighted by Crippen LogP contribution is 2.14. The lowest BCUT2D eigenvalue weighted by Crippen LogP contribution is -2.20. The average Bonchev–Trinajstić information content (AvgIpc) is 2.54. The van der Waals surface area contributed by atoms with Crippen molar-refractivity contribution in [2.45, 2.75) is 26.3 Å². The Morgan fingerprint density at radius 2 is 1.83 bits per heavy atom. The zero-order valence-corrected chi connectivity index (χ0v) is 14.3. The van der Waals surface area contributed by atoms with Crippen molar-refractivity contribution in [1.29, 1.82) is 0 Å². The van der Waals surface area contributed by atoms with Crippen molar-refractivity contribution in [3.8, 4) is 0 Å². The standard InChI is InChI=1S/C16H22N4O2S/c1-3-4-12-23(21,22)19-15-10-11-16(18-17-15)20(2)13-14-8-6-5-7-9-14/h5-11H,3-4,12-13H2,1-2H3,(H,17,19). The molecular weight excluding hydrogens is 312 g/mol. The molecule has 0 bridgehead atoms. The van der Waals surface area contributed by atoms with Gasteiger partial charge in [-0.15, -0.1) is 10.2 Å². The molecular formula is C16H22N4O2S. The molecule has 124 valence electrons. The van der Waals surface area contributed by atoms with Gasteiger partial charge in [0.25, 0.3) is 0 Å². The topological polar surface area (TPSA) is 75.2 Å². The summed E-state index contributed by atoms with van der Waals surface area (Å²) in [6.07, 6.45) is 1.45. The van der Waals surface area contributed by atoms with Gasteiger partial charge < -0.3 is 4.90 Å². The Bertz CT molecular complexity index is 703. The molecule has 6 nitrogen and oxygen atoms in total. The summed E-state index contributed by atoms with van der Waals surface area (Å²) in [7, 11) is -1.43. The van der Waals surface area contributed by atoms with Gasteiger partial charge in [0.2, 0.25) is 10.0 Å². The summed E-state index contributed by atoms with van der Waals surface area (Å²) in [6.45, 7) is 2.66. The molecule has 0 unspecified atom stereocenters. The van der Waals surface area contributed by atoms with Gasteiger partial charge in [0.05, 0.1) is 5.75 Å². The quantitative estimate of drug-likeness (QED) is 0.803. The maximum Gasteiger partial charge on any atom is 0.233 e. The lowest BCUT2D eigenvalue weighted by Gasteiger charge is -2.17. The molecule has 1 heterocycles. The second-order valence-electron chi connectivity index (χ2n) is 5.39. The molecule has 0 saturated heterocycles. The second kappa shape index (κ2) is 7.92. The number of rotatable bonds is 8. The van der Waals surface area contributed by atoms with E-state index in [1.807, 2.05) is 49.2 Å². The van der Waals surface area contributed by atoms with E-state index >= 15 is 0 Å². The summed E-state index contributed by atoms with van der Waals surface area (Å²) < 4.78 is 26.1. The van der Waals surface area contributed by atoms with E-state index in [2.05, 4.69) is 14.9 Å². The lowest BCUT2D eigenvalue weighted by molar-refractivity contribution is 0.597. The van der Waals surface area contributed by atoms with E-state index in [-0.39, 0.29) is 11.6 Å². The molecule has 0 saturated carbocycles. The van der Waals surface area contributed by atoms with Crippen LogP contribution in [0.15, 0.2) is 42.5 Å². The Hall–Kier alpha value is -2.15. The van der Waals surface area contributed by atoms with Crippen LogP contribution in [0.25, 0.3) is 0 Å². The number of anilines is 2. The monoisotopic (exact) mass is 334 g/mol. The first-order valence-corrected chi connectivity index (χ1v) is 9.24. The number of nitrogens with zero attached hydrogens (tertiary/aromatic N) is 3. The first-order chi connectivity index (χ1) is 11.0. The number of benzene rings is 1. The third-order valence-corrected chi connectivity index (χ3v) is 4.68. The third kappa shape index (κ3) is 5.52. The van der Waals surface area contributed by atoms with Crippen molar-refractivity contribution in [2.75, 3.05) is 22.4 Å². The SMILES string of the molecule is CCCCS(=O)(=O)Nc1ccc(N(C)Cc2ccccc2)nn1. The minimum Gasteiger partial charge on any atom is -0.354 e. The van der Waals surface area contributed by atoms with Crippen LogP contribution in [0.2, 0.25) is 0 Å². The van der Waals surface area contributed by atoms with Crippen LogP contribution in [0.1, 0.15) is 25.3 Å². The predicted octanol–water partition coefficient (Wildman–Crippen LogP) is 2.65. The van der Waals surface area contributed by atoms with E-state index in [9.17, 15) is 8.42 Å². The summed E-state index contributed by atoms with van der Waals surface area (Å²) in [4.78, 5) is 1.96. The van der Waals surface area contributed by atoms with E-state index in [0.29, 0.717) is 18.8 Å². The van der Waals surface area contributed by atoms with Crippen LogP contribution in [-0.2, 0) is 16.6 Å². The zero-order valence-electron chi connectivity index (χ0n) is 13.4. The molecule has 2 rings (SSSR count). The minimum atomic E-state index is -3.34. The van der Waals surface area contributed by atoms with E-state index in [1.54, 1.807) is 12.1 Å². The average molecular weight is 334 g/mol. The van der Waals surface area contributed by atoms with Gasteiger partial charge in [0.15, 0.2) is 11.6 Å². The van der Waals surface area contributed by atoms with Gasteiger partial charge >= 0.3 is 0 Å². The van der Waals surface area contributed by atoms with Gasteiger partial charge in [0, 0.05) is 13.6 Å². The van der Waals surface area contributed by atoms with Crippen LogP contribution < -0.4 is 9.62 Å². The Balaban J connectivity index is 1.99. The highest BCUT2D eigenvalue weighted by atomic mass is 32.2. The molecule has 1 aromatic heterocycles. The molecule has 7 heteroatoms. The second-order valence-corrected chi connectivity index (χ2v) is 7.23. The number of hydrogen-bond acceptors (Lipinski definition) is 5. The summed E-state index contributed by atoms with van der Waals surface area (Å²) in [5.41, 5.74) is 1.17. The van der Waals surface area contributed by atoms with E-state index < -0.39 is 10.0 Å². The lowest BCUT2D eigenvalue weighted by atomic mass is 10.2. The summed E-state index contributed by atoms with van der Waals surface area (Å²) >= 11 is 0. The smallest absolute Gasteiger partial charge is 0.233 e. The van der Waals surface area contributed by atoms with Gasteiger partial charge in [0.1, 0.15) is 0 Å². The molecule has 0 spiro atoms. The molecule has 0 atom stereocenters. The minimum absolute atomic E-state index is 0.0981. The molecule has 2 aromatic rings. The molecule has 0 radical (unpaired) electrons. The summed E-state index contributed by atoms with van der Waals surface area (Å²) in [5, 5.41) is 8.04. The molecule has 0 amide bonds. The normalized spacial score (nSPS) is 11.2. The fraction of sp³-hybridized carbons (Fsp3) is 0.375.